The predicted molar refractivity (Wildman–Crippen MR) is 85.8 cm³/mol. The first-order valence-electron chi connectivity index (χ1n) is 8.15. The van der Waals surface area contributed by atoms with Gasteiger partial charge in [0.2, 0.25) is 0 Å². The number of hydrogen-bond acceptors (Lipinski definition) is 5. The van der Waals surface area contributed by atoms with Crippen LogP contribution in [0.3, 0.4) is 0 Å². The molecule has 2 aromatic heterocycles. The van der Waals surface area contributed by atoms with Crippen LogP contribution in [0.2, 0.25) is 0 Å². The summed E-state index contributed by atoms with van der Waals surface area (Å²) in [6.07, 6.45) is 6.89. The second-order valence-corrected chi connectivity index (χ2v) is 6.24. The molecule has 1 aliphatic carbocycles. The normalized spacial score (nSPS) is 20.8. The van der Waals surface area contributed by atoms with Crippen LogP contribution < -0.4 is 5.73 Å². The lowest BCUT2D eigenvalue weighted by Crippen LogP contribution is -2.28. The predicted octanol–water partition coefficient (Wildman–Crippen LogP) is 2.25. The van der Waals surface area contributed by atoms with Gasteiger partial charge in [-0.3, -0.25) is 0 Å². The van der Waals surface area contributed by atoms with Crippen LogP contribution in [0.4, 0.5) is 8.78 Å². The monoisotopic (exact) mass is 345 g/mol. The Balaban J connectivity index is 1.65. The highest BCUT2D eigenvalue weighted by atomic mass is 19.1. The van der Waals surface area contributed by atoms with E-state index in [-0.39, 0.29) is 17.8 Å². The number of halogens is 2. The van der Waals surface area contributed by atoms with E-state index in [9.17, 15) is 8.78 Å². The summed E-state index contributed by atoms with van der Waals surface area (Å²) in [5.41, 5.74) is 6.52. The van der Waals surface area contributed by atoms with E-state index in [1.165, 1.54) is 23.1 Å². The van der Waals surface area contributed by atoms with Gasteiger partial charge in [0, 0.05) is 12.1 Å². The number of nitrogens with two attached hydrogens (primary N) is 1. The second kappa shape index (κ2) is 6.32. The number of rotatable bonds is 3. The van der Waals surface area contributed by atoms with Crippen LogP contribution in [0.5, 0.6) is 0 Å². The number of aromatic nitrogens is 6. The zero-order valence-electron chi connectivity index (χ0n) is 13.4. The van der Waals surface area contributed by atoms with E-state index in [2.05, 4.69) is 20.4 Å². The van der Waals surface area contributed by atoms with Gasteiger partial charge in [0.1, 0.15) is 23.5 Å². The molecule has 0 radical (unpaired) electrons. The summed E-state index contributed by atoms with van der Waals surface area (Å²) in [7, 11) is 0. The third-order valence-corrected chi connectivity index (χ3v) is 4.54. The van der Waals surface area contributed by atoms with Crippen molar-refractivity contribution >= 4 is 0 Å². The molecule has 1 fully saturated rings. The summed E-state index contributed by atoms with van der Waals surface area (Å²) in [5, 5.41) is 12.4. The third-order valence-electron chi connectivity index (χ3n) is 4.54. The molecule has 130 valence electrons. The molecule has 1 aliphatic rings. The topological polar surface area (TPSA) is 87.4 Å². The summed E-state index contributed by atoms with van der Waals surface area (Å²) in [4.78, 5) is 4.15. The van der Waals surface area contributed by atoms with Crippen LogP contribution >= 0.6 is 0 Å². The first kappa shape index (κ1) is 15.8. The van der Waals surface area contributed by atoms with E-state index in [1.807, 2.05) is 0 Å². The molecule has 1 aromatic carbocycles. The molecule has 9 heteroatoms. The fraction of sp³-hybridized carbons (Fsp3) is 0.375. The van der Waals surface area contributed by atoms with Gasteiger partial charge in [-0.05, 0) is 37.8 Å². The third kappa shape index (κ3) is 3.02. The Morgan fingerprint density at radius 2 is 1.92 bits per heavy atom. The first-order valence-corrected chi connectivity index (χ1v) is 8.15. The highest BCUT2D eigenvalue weighted by Gasteiger charge is 2.22. The Morgan fingerprint density at radius 1 is 1.12 bits per heavy atom. The zero-order valence-corrected chi connectivity index (χ0v) is 13.4. The van der Waals surface area contributed by atoms with Crippen LogP contribution in [0.15, 0.2) is 30.7 Å². The van der Waals surface area contributed by atoms with Crippen molar-refractivity contribution < 1.29 is 8.78 Å². The van der Waals surface area contributed by atoms with Crippen molar-refractivity contribution in [1.82, 2.24) is 29.8 Å². The van der Waals surface area contributed by atoms with Crippen molar-refractivity contribution in [3.05, 3.63) is 42.4 Å². The average Bonchev–Trinajstić information content (AvgIpc) is 3.24. The number of hydrogen-bond donors (Lipinski definition) is 1. The molecule has 0 aliphatic heterocycles. The quantitative estimate of drug-likeness (QED) is 0.787. The molecule has 1 saturated carbocycles. The minimum Gasteiger partial charge on any atom is -0.328 e. The molecule has 0 amide bonds. The van der Waals surface area contributed by atoms with Crippen molar-refractivity contribution in [3.63, 3.8) is 0 Å². The highest BCUT2D eigenvalue weighted by Crippen LogP contribution is 2.28. The van der Waals surface area contributed by atoms with Gasteiger partial charge in [-0.25, -0.2) is 23.1 Å². The summed E-state index contributed by atoms with van der Waals surface area (Å²) < 4.78 is 30.3. The molecule has 0 atom stereocenters. The molecule has 0 saturated heterocycles. The van der Waals surface area contributed by atoms with E-state index >= 15 is 0 Å². The van der Waals surface area contributed by atoms with E-state index in [4.69, 9.17) is 5.73 Å². The average molecular weight is 345 g/mol. The zero-order chi connectivity index (χ0) is 17.4. The standard InChI is InChI=1S/C16H17F2N7/c17-10-1-6-15(13(18)7-10)25-16(20-9-21-25)14-8-24(23-22-14)12-4-2-11(19)3-5-12/h1,6-9,11-12H,2-5,19H2. The Bertz CT molecular complexity index is 880. The highest BCUT2D eigenvalue weighted by molar-refractivity contribution is 5.51. The summed E-state index contributed by atoms with van der Waals surface area (Å²) >= 11 is 0. The Hall–Kier alpha value is -2.68. The van der Waals surface area contributed by atoms with E-state index in [0.717, 1.165) is 31.7 Å². The second-order valence-electron chi connectivity index (χ2n) is 6.24. The minimum absolute atomic E-state index is 0.104. The molecular formula is C16H17F2N7. The van der Waals surface area contributed by atoms with Crippen LogP contribution in [0.1, 0.15) is 31.7 Å². The maximum absolute atomic E-state index is 14.1. The summed E-state index contributed by atoms with van der Waals surface area (Å²) in [6.45, 7) is 0. The minimum atomic E-state index is -0.722. The number of benzene rings is 1. The molecule has 7 nitrogen and oxygen atoms in total. The summed E-state index contributed by atoms with van der Waals surface area (Å²) in [5.74, 6) is -1.02. The number of nitrogens with zero attached hydrogens (tertiary/aromatic N) is 6. The smallest absolute Gasteiger partial charge is 0.185 e. The van der Waals surface area contributed by atoms with Crippen LogP contribution in [0.25, 0.3) is 17.2 Å². The van der Waals surface area contributed by atoms with Gasteiger partial charge in [-0.15, -0.1) is 5.10 Å². The van der Waals surface area contributed by atoms with Crippen molar-refractivity contribution in [2.45, 2.75) is 37.8 Å². The molecular weight excluding hydrogens is 328 g/mol. The van der Waals surface area contributed by atoms with Gasteiger partial charge in [-0.1, -0.05) is 5.21 Å². The molecule has 2 heterocycles. The van der Waals surface area contributed by atoms with Crippen molar-refractivity contribution in [2.75, 3.05) is 0 Å². The van der Waals surface area contributed by atoms with E-state index in [1.54, 1.807) is 10.9 Å². The van der Waals surface area contributed by atoms with Gasteiger partial charge < -0.3 is 5.73 Å². The Morgan fingerprint density at radius 3 is 2.68 bits per heavy atom. The maximum Gasteiger partial charge on any atom is 0.185 e. The largest absolute Gasteiger partial charge is 0.328 e. The van der Waals surface area contributed by atoms with E-state index in [0.29, 0.717) is 11.5 Å². The van der Waals surface area contributed by atoms with Gasteiger partial charge in [0.15, 0.2) is 11.6 Å². The molecule has 3 aromatic rings. The van der Waals surface area contributed by atoms with Gasteiger partial charge in [-0.2, -0.15) is 5.10 Å². The van der Waals surface area contributed by atoms with Crippen molar-refractivity contribution in [1.29, 1.82) is 0 Å². The van der Waals surface area contributed by atoms with Gasteiger partial charge >= 0.3 is 0 Å². The molecule has 4 rings (SSSR count). The molecule has 2 N–H and O–H groups in total. The SMILES string of the molecule is NC1CCC(n2cc(-c3ncnn3-c3ccc(F)cc3F)nn2)CC1. The Kier molecular flexibility index (Phi) is 4.00. The van der Waals surface area contributed by atoms with Crippen molar-refractivity contribution in [2.24, 2.45) is 5.73 Å². The lowest BCUT2D eigenvalue weighted by molar-refractivity contribution is 0.300. The fourth-order valence-electron chi connectivity index (χ4n) is 3.17. The molecule has 0 spiro atoms. The first-order chi connectivity index (χ1) is 12.1. The molecule has 0 unspecified atom stereocenters. The molecule has 25 heavy (non-hydrogen) atoms. The lowest BCUT2D eigenvalue weighted by atomic mass is 9.92. The maximum atomic E-state index is 14.1. The van der Waals surface area contributed by atoms with Crippen LogP contribution in [-0.4, -0.2) is 35.8 Å². The van der Waals surface area contributed by atoms with Crippen LogP contribution in [-0.2, 0) is 0 Å². The van der Waals surface area contributed by atoms with Gasteiger partial charge in [0.25, 0.3) is 0 Å². The van der Waals surface area contributed by atoms with Gasteiger partial charge in [0.05, 0.1) is 12.2 Å². The van der Waals surface area contributed by atoms with E-state index < -0.39 is 11.6 Å². The lowest BCUT2D eigenvalue weighted by Gasteiger charge is -2.25. The molecule has 0 bridgehead atoms. The fourth-order valence-corrected chi connectivity index (χ4v) is 3.17. The Labute approximate surface area is 142 Å². The summed E-state index contributed by atoms with van der Waals surface area (Å²) in [6, 6.07) is 3.80. The van der Waals surface area contributed by atoms with Crippen molar-refractivity contribution in [3.8, 4) is 17.2 Å². The van der Waals surface area contributed by atoms with Crippen LogP contribution in [0, 0.1) is 11.6 Å².